The number of benzene rings is 1. The van der Waals surface area contributed by atoms with E-state index >= 15 is 0 Å². The SMILES string of the molecule is CCOC(=O)C=CC(=O)N1Cc2sc3ncnc(NC(CC)c4ccccc4)c3c2C1. The third-order valence-corrected chi connectivity index (χ3v) is 6.36. The lowest BCUT2D eigenvalue weighted by Crippen LogP contribution is -2.23. The van der Waals surface area contributed by atoms with Crippen LogP contribution < -0.4 is 5.32 Å². The number of fused-ring (bicyclic) bond motifs is 3. The normalized spacial score (nSPS) is 14.1. The number of carbonyl (C=O) groups excluding carboxylic acids is 2. The summed E-state index contributed by atoms with van der Waals surface area (Å²) in [6.07, 6.45) is 4.94. The Bertz CT molecular complexity index is 1130. The van der Waals surface area contributed by atoms with Crippen LogP contribution >= 0.6 is 11.3 Å². The van der Waals surface area contributed by atoms with Gasteiger partial charge in [-0.2, -0.15) is 0 Å². The number of amides is 1. The Labute approximate surface area is 184 Å². The van der Waals surface area contributed by atoms with Gasteiger partial charge in [0.1, 0.15) is 17.0 Å². The second kappa shape index (κ2) is 9.26. The predicted molar refractivity (Wildman–Crippen MR) is 121 cm³/mol. The molecule has 2 aromatic heterocycles. The fourth-order valence-electron chi connectivity index (χ4n) is 3.72. The van der Waals surface area contributed by atoms with Gasteiger partial charge in [-0.1, -0.05) is 37.3 Å². The molecule has 0 fully saturated rings. The quantitative estimate of drug-likeness (QED) is 0.441. The van der Waals surface area contributed by atoms with Crippen molar-refractivity contribution >= 4 is 39.2 Å². The van der Waals surface area contributed by atoms with E-state index in [0.717, 1.165) is 32.9 Å². The minimum Gasteiger partial charge on any atom is -0.463 e. The van der Waals surface area contributed by atoms with Crippen LogP contribution in [0.5, 0.6) is 0 Å². The molecule has 0 saturated carbocycles. The highest BCUT2D eigenvalue weighted by molar-refractivity contribution is 7.19. The Hall–Kier alpha value is -3.26. The van der Waals surface area contributed by atoms with Crippen molar-refractivity contribution in [3.63, 3.8) is 0 Å². The van der Waals surface area contributed by atoms with Crippen molar-refractivity contribution in [2.24, 2.45) is 0 Å². The zero-order chi connectivity index (χ0) is 21.8. The van der Waals surface area contributed by atoms with Gasteiger partial charge in [-0.15, -0.1) is 11.3 Å². The zero-order valence-corrected chi connectivity index (χ0v) is 18.3. The van der Waals surface area contributed by atoms with E-state index in [-0.39, 0.29) is 18.6 Å². The second-order valence-corrected chi connectivity index (χ2v) is 8.29. The third-order valence-electron chi connectivity index (χ3n) is 5.24. The van der Waals surface area contributed by atoms with E-state index < -0.39 is 5.97 Å². The molecule has 0 saturated heterocycles. The lowest BCUT2D eigenvalue weighted by Gasteiger charge is -2.19. The maximum absolute atomic E-state index is 12.5. The van der Waals surface area contributed by atoms with Gasteiger partial charge in [-0.3, -0.25) is 4.79 Å². The van der Waals surface area contributed by atoms with E-state index in [4.69, 9.17) is 4.74 Å². The molecule has 1 N–H and O–H groups in total. The van der Waals surface area contributed by atoms with Gasteiger partial charge in [0.05, 0.1) is 24.6 Å². The van der Waals surface area contributed by atoms with Crippen molar-refractivity contribution in [3.05, 3.63) is 64.8 Å². The van der Waals surface area contributed by atoms with Crippen LogP contribution in [0.25, 0.3) is 10.2 Å². The molecule has 1 aromatic carbocycles. The summed E-state index contributed by atoms with van der Waals surface area (Å²) >= 11 is 1.58. The highest BCUT2D eigenvalue weighted by Crippen LogP contribution is 2.40. The standard InChI is InChI=1S/C23H24N4O3S/c1-3-17(15-8-6-5-7-9-15)26-22-21-16-12-27(19(28)10-11-20(29)30-4-2)13-18(16)31-23(21)25-14-24-22/h5-11,14,17H,3-4,12-13H2,1-2H3,(H,24,25,26). The first-order valence-corrected chi connectivity index (χ1v) is 11.1. The van der Waals surface area contributed by atoms with Crippen molar-refractivity contribution in [1.82, 2.24) is 14.9 Å². The minimum absolute atomic E-state index is 0.126. The molecule has 0 spiro atoms. The number of hydrogen-bond acceptors (Lipinski definition) is 7. The van der Waals surface area contributed by atoms with Gasteiger partial charge < -0.3 is 15.0 Å². The van der Waals surface area contributed by atoms with Crippen molar-refractivity contribution in [1.29, 1.82) is 0 Å². The summed E-state index contributed by atoms with van der Waals surface area (Å²) < 4.78 is 4.84. The largest absolute Gasteiger partial charge is 0.463 e. The van der Waals surface area contributed by atoms with Crippen LogP contribution in [0.2, 0.25) is 0 Å². The summed E-state index contributed by atoms with van der Waals surface area (Å²) in [5, 5.41) is 4.55. The molecule has 1 amide bonds. The average Bonchev–Trinajstić information content (AvgIpc) is 3.35. The average molecular weight is 437 g/mol. The fourth-order valence-corrected chi connectivity index (χ4v) is 4.89. The first kappa shape index (κ1) is 21.0. The van der Waals surface area contributed by atoms with E-state index in [1.54, 1.807) is 29.5 Å². The summed E-state index contributed by atoms with van der Waals surface area (Å²) in [5.74, 6) is 0.0583. The van der Waals surface area contributed by atoms with Gasteiger partial charge in [0, 0.05) is 29.1 Å². The molecule has 1 atom stereocenters. The molecule has 7 nitrogen and oxygen atoms in total. The molecular formula is C23H24N4O3S. The molecule has 1 aliphatic heterocycles. The molecule has 31 heavy (non-hydrogen) atoms. The smallest absolute Gasteiger partial charge is 0.330 e. The third kappa shape index (κ3) is 4.44. The first-order valence-electron chi connectivity index (χ1n) is 10.3. The summed E-state index contributed by atoms with van der Waals surface area (Å²) in [5.41, 5.74) is 2.27. The van der Waals surface area contributed by atoms with Crippen molar-refractivity contribution in [2.45, 2.75) is 39.4 Å². The molecule has 8 heteroatoms. The number of ether oxygens (including phenoxy) is 1. The maximum atomic E-state index is 12.5. The Morgan fingerprint density at radius 3 is 2.74 bits per heavy atom. The molecule has 0 bridgehead atoms. The Kier molecular flexibility index (Phi) is 6.27. The highest BCUT2D eigenvalue weighted by Gasteiger charge is 2.29. The number of carbonyl (C=O) groups is 2. The Balaban J connectivity index is 1.57. The summed E-state index contributed by atoms with van der Waals surface area (Å²) in [6, 6.07) is 10.4. The molecule has 1 unspecified atom stereocenters. The zero-order valence-electron chi connectivity index (χ0n) is 17.5. The van der Waals surface area contributed by atoms with Gasteiger partial charge in [0.2, 0.25) is 5.91 Å². The predicted octanol–water partition coefficient (Wildman–Crippen LogP) is 4.22. The van der Waals surface area contributed by atoms with Crippen LogP contribution in [-0.4, -0.2) is 33.4 Å². The Morgan fingerprint density at radius 1 is 1.19 bits per heavy atom. The first-order chi connectivity index (χ1) is 15.1. The lowest BCUT2D eigenvalue weighted by atomic mass is 10.0. The van der Waals surface area contributed by atoms with Crippen molar-refractivity contribution in [2.75, 3.05) is 11.9 Å². The molecule has 160 valence electrons. The second-order valence-electron chi connectivity index (χ2n) is 7.20. The van der Waals surface area contributed by atoms with E-state index in [0.29, 0.717) is 13.1 Å². The number of anilines is 1. The van der Waals surface area contributed by atoms with Crippen molar-refractivity contribution in [3.8, 4) is 0 Å². The molecule has 3 heterocycles. The number of nitrogens with one attached hydrogen (secondary N) is 1. The number of hydrogen-bond donors (Lipinski definition) is 1. The van der Waals surface area contributed by atoms with Crippen LogP contribution in [0.3, 0.4) is 0 Å². The number of nitrogens with zero attached hydrogens (tertiary/aromatic N) is 3. The molecule has 0 radical (unpaired) electrons. The summed E-state index contributed by atoms with van der Waals surface area (Å²) in [7, 11) is 0. The molecule has 1 aliphatic rings. The molecule has 0 aliphatic carbocycles. The van der Waals surface area contributed by atoms with Crippen LogP contribution in [0, 0.1) is 0 Å². The Morgan fingerprint density at radius 2 is 2.00 bits per heavy atom. The minimum atomic E-state index is -0.512. The summed E-state index contributed by atoms with van der Waals surface area (Å²) in [4.78, 5) is 36.7. The number of esters is 1. The molecule has 4 rings (SSSR count). The van der Waals surface area contributed by atoms with Gasteiger partial charge in [0.15, 0.2) is 0 Å². The van der Waals surface area contributed by atoms with Gasteiger partial charge in [-0.05, 0) is 18.9 Å². The number of thiophene rings is 1. The maximum Gasteiger partial charge on any atom is 0.330 e. The number of aromatic nitrogens is 2. The van der Waals surface area contributed by atoms with Gasteiger partial charge in [-0.25, -0.2) is 14.8 Å². The summed E-state index contributed by atoms with van der Waals surface area (Å²) in [6.45, 7) is 5.11. The number of rotatable bonds is 7. The fraction of sp³-hybridized carbons (Fsp3) is 0.304. The van der Waals surface area contributed by atoms with Crippen molar-refractivity contribution < 1.29 is 14.3 Å². The van der Waals surface area contributed by atoms with Crippen LogP contribution in [0.1, 0.15) is 42.3 Å². The van der Waals surface area contributed by atoms with Crippen LogP contribution in [0.4, 0.5) is 5.82 Å². The molecule has 3 aromatic rings. The molecular weight excluding hydrogens is 412 g/mol. The monoisotopic (exact) mass is 436 g/mol. The van der Waals surface area contributed by atoms with Gasteiger partial charge in [0.25, 0.3) is 0 Å². The van der Waals surface area contributed by atoms with E-state index in [2.05, 4.69) is 34.3 Å². The highest BCUT2D eigenvalue weighted by atomic mass is 32.1. The van der Waals surface area contributed by atoms with E-state index in [1.165, 1.54) is 17.7 Å². The van der Waals surface area contributed by atoms with Gasteiger partial charge >= 0.3 is 5.97 Å². The van der Waals surface area contributed by atoms with E-state index in [1.807, 2.05) is 18.2 Å². The van der Waals surface area contributed by atoms with E-state index in [9.17, 15) is 9.59 Å². The van der Waals surface area contributed by atoms with Crippen LogP contribution in [-0.2, 0) is 27.4 Å². The van der Waals surface area contributed by atoms with Crippen LogP contribution in [0.15, 0.2) is 48.8 Å². The topological polar surface area (TPSA) is 84.4 Å². The lowest BCUT2D eigenvalue weighted by molar-refractivity contribution is -0.137.